The van der Waals surface area contributed by atoms with E-state index in [2.05, 4.69) is 10.6 Å². The molecule has 0 aliphatic heterocycles. The highest BCUT2D eigenvalue weighted by Crippen LogP contribution is 2.15. The van der Waals surface area contributed by atoms with Gasteiger partial charge in [-0.3, -0.25) is 0 Å². The van der Waals surface area contributed by atoms with Gasteiger partial charge in [-0.2, -0.15) is 0 Å². The largest absolute Gasteiger partial charge is 0.387 e. The number of amides is 2. The Kier molecular flexibility index (Phi) is 5.06. The predicted octanol–water partition coefficient (Wildman–Crippen LogP) is 3.13. The van der Waals surface area contributed by atoms with E-state index in [9.17, 15) is 18.7 Å². The Morgan fingerprint density at radius 2 is 1.86 bits per heavy atom. The van der Waals surface area contributed by atoms with Crippen molar-refractivity contribution in [3.05, 3.63) is 65.2 Å². The van der Waals surface area contributed by atoms with E-state index < -0.39 is 23.8 Å². The molecule has 2 aromatic carbocycles. The summed E-state index contributed by atoms with van der Waals surface area (Å²) in [5, 5.41) is 14.7. The number of rotatable bonds is 4. The Balaban J connectivity index is 1.88. The molecule has 4 nitrogen and oxygen atoms in total. The average Bonchev–Trinajstić information content (AvgIpc) is 2.48. The smallest absolute Gasteiger partial charge is 0.319 e. The first-order valence-corrected chi connectivity index (χ1v) is 6.70. The van der Waals surface area contributed by atoms with Crippen molar-refractivity contribution in [1.82, 2.24) is 5.32 Å². The van der Waals surface area contributed by atoms with Crippen LogP contribution in [0.5, 0.6) is 0 Å². The van der Waals surface area contributed by atoms with Gasteiger partial charge in [0.25, 0.3) is 0 Å². The molecule has 0 unspecified atom stereocenters. The summed E-state index contributed by atoms with van der Waals surface area (Å²) in [4.78, 5) is 11.7. The van der Waals surface area contributed by atoms with E-state index in [-0.39, 0.29) is 12.2 Å². The molecule has 6 heteroatoms. The minimum absolute atomic E-state index is 0.0550. The van der Waals surface area contributed by atoms with Gasteiger partial charge in [-0.25, -0.2) is 13.6 Å². The van der Waals surface area contributed by atoms with Crippen molar-refractivity contribution in [3.8, 4) is 0 Å². The number of aryl methyl sites for hydroxylation is 1. The molecule has 116 valence electrons. The molecule has 0 aliphatic rings. The van der Waals surface area contributed by atoms with Gasteiger partial charge in [-0.15, -0.1) is 0 Å². The number of carbonyl (C=O) groups excluding carboxylic acids is 1. The van der Waals surface area contributed by atoms with Crippen molar-refractivity contribution >= 4 is 11.7 Å². The topological polar surface area (TPSA) is 61.4 Å². The van der Waals surface area contributed by atoms with Crippen molar-refractivity contribution in [2.75, 3.05) is 11.9 Å². The van der Waals surface area contributed by atoms with Gasteiger partial charge >= 0.3 is 6.03 Å². The Morgan fingerprint density at radius 3 is 2.50 bits per heavy atom. The fourth-order valence-corrected chi connectivity index (χ4v) is 1.88. The quantitative estimate of drug-likeness (QED) is 0.812. The van der Waals surface area contributed by atoms with Crippen LogP contribution in [0.4, 0.5) is 19.3 Å². The maximum absolute atomic E-state index is 13.6. The van der Waals surface area contributed by atoms with Crippen LogP contribution in [-0.4, -0.2) is 17.7 Å². The fraction of sp³-hybridized carbons (Fsp3) is 0.188. The number of hydrogen-bond acceptors (Lipinski definition) is 2. The van der Waals surface area contributed by atoms with Gasteiger partial charge in [-0.1, -0.05) is 18.2 Å². The highest BCUT2D eigenvalue weighted by molar-refractivity contribution is 5.89. The summed E-state index contributed by atoms with van der Waals surface area (Å²) in [6.07, 6.45) is -0.978. The number of halogens is 2. The van der Waals surface area contributed by atoms with Crippen molar-refractivity contribution in [2.45, 2.75) is 13.0 Å². The number of carbonyl (C=O) groups is 1. The van der Waals surface area contributed by atoms with Crippen LogP contribution in [0.1, 0.15) is 17.2 Å². The second-order valence-corrected chi connectivity index (χ2v) is 4.89. The lowest BCUT2D eigenvalue weighted by Crippen LogP contribution is -2.32. The standard InChI is InChI=1S/C16H16F2N2O2/c1-10-2-7-14(13(18)8-10)20-16(22)19-9-15(21)11-3-5-12(17)6-4-11/h2-8,15,21H,9H2,1H3,(H2,19,20,22)/t15-/m1/s1. The van der Waals surface area contributed by atoms with Crippen LogP contribution in [0, 0.1) is 18.6 Å². The van der Waals surface area contributed by atoms with Crippen molar-refractivity contribution < 1.29 is 18.7 Å². The van der Waals surface area contributed by atoms with E-state index in [1.807, 2.05) is 0 Å². The van der Waals surface area contributed by atoms with Crippen LogP contribution in [0.2, 0.25) is 0 Å². The molecule has 0 saturated carbocycles. The maximum atomic E-state index is 13.6. The van der Waals surface area contributed by atoms with E-state index in [0.29, 0.717) is 5.56 Å². The van der Waals surface area contributed by atoms with Crippen LogP contribution in [0.15, 0.2) is 42.5 Å². The maximum Gasteiger partial charge on any atom is 0.319 e. The van der Waals surface area contributed by atoms with Crippen molar-refractivity contribution in [3.63, 3.8) is 0 Å². The zero-order valence-corrected chi connectivity index (χ0v) is 11.9. The van der Waals surface area contributed by atoms with Crippen molar-refractivity contribution in [2.24, 2.45) is 0 Å². The second kappa shape index (κ2) is 7.00. The molecule has 2 amide bonds. The number of anilines is 1. The molecular weight excluding hydrogens is 290 g/mol. The summed E-state index contributed by atoms with van der Waals surface area (Å²) in [5.74, 6) is -0.939. The van der Waals surface area contributed by atoms with Crippen LogP contribution < -0.4 is 10.6 Å². The van der Waals surface area contributed by atoms with Crippen LogP contribution in [0.3, 0.4) is 0 Å². The average molecular weight is 306 g/mol. The Morgan fingerprint density at radius 1 is 1.18 bits per heavy atom. The van der Waals surface area contributed by atoms with E-state index in [4.69, 9.17) is 0 Å². The summed E-state index contributed by atoms with van der Waals surface area (Å²) < 4.78 is 26.4. The van der Waals surface area contributed by atoms with Gasteiger partial charge in [0.15, 0.2) is 0 Å². The molecule has 0 spiro atoms. The molecule has 0 aliphatic carbocycles. The first-order valence-electron chi connectivity index (χ1n) is 6.70. The highest BCUT2D eigenvalue weighted by atomic mass is 19.1. The highest BCUT2D eigenvalue weighted by Gasteiger charge is 2.11. The lowest BCUT2D eigenvalue weighted by molar-refractivity contribution is 0.175. The Labute approximate surface area is 126 Å². The summed E-state index contributed by atoms with van der Waals surface area (Å²) in [6, 6.07) is 9.11. The van der Waals surface area contributed by atoms with Crippen molar-refractivity contribution in [1.29, 1.82) is 0 Å². The zero-order chi connectivity index (χ0) is 16.1. The van der Waals surface area contributed by atoms with E-state index in [1.165, 1.54) is 36.4 Å². The molecule has 0 saturated heterocycles. The minimum Gasteiger partial charge on any atom is -0.387 e. The number of aliphatic hydroxyl groups is 1. The summed E-state index contributed by atoms with van der Waals surface area (Å²) >= 11 is 0. The number of hydrogen-bond donors (Lipinski definition) is 3. The van der Waals surface area contributed by atoms with E-state index in [0.717, 1.165) is 5.56 Å². The van der Waals surface area contributed by atoms with E-state index >= 15 is 0 Å². The number of benzene rings is 2. The first-order chi connectivity index (χ1) is 10.5. The third kappa shape index (κ3) is 4.26. The van der Waals surface area contributed by atoms with Crippen LogP contribution in [0.25, 0.3) is 0 Å². The lowest BCUT2D eigenvalue weighted by atomic mass is 10.1. The minimum atomic E-state index is -0.978. The van der Waals surface area contributed by atoms with Crippen LogP contribution in [-0.2, 0) is 0 Å². The number of aliphatic hydroxyl groups excluding tert-OH is 1. The third-order valence-corrected chi connectivity index (χ3v) is 3.08. The normalized spacial score (nSPS) is 11.8. The van der Waals surface area contributed by atoms with Gasteiger partial charge < -0.3 is 15.7 Å². The van der Waals surface area contributed by atoms with E-state index in [1.54, 1.807) is 13.0 Å². The van der Waals surface area contributed by atoms with Gasteiger partial charge in [0, 0.05) is 6.54 Å². The van der Waals surface area contributed by atoms with Gasteiger partial charge in [0.05, 0.1) is 11.8 Å². The molecular formula is C16H16F2N2O2. The van der Waals surface area contributed by atoms with Gasteiger partial charge in [0.1, 0.15) is 11.6 Å². The molecule has 0 heterocycles. The molecule has 0 fully saturated rings. The molecule has 0 bridgehead atoms. The Hall–Kier alpha value is -2.47. The zero-order valence-electron chi connectivity index (χ0n) is 11.9. The molecule has 0 radical (unpaired) electrons. The molecule has 22 heavy (non-hydrogen) atoms. The SMILES string of the molecule is Cc1ccc(NC(=O)NC[C@@H](O)c2ccc(F)cc2)c(F)c1. The fourth-order valence-electron chi connectivity index (χ4n) is 1.88. The second-order valence-electron chi connectivity index (χ2n) is 4.89. The predicted molar refractivity (Wildman–Crippen MR) is 79.5 cm³/mol. The molecule has 2 rings (SSSR count). The Bertz CT molecular complexity index is 660. The molecule has 0 aromatic heterocycles. The number of nitrogens with one attached hydrogen (secondary N) is 2. The molecule has 1 atom stereocenters. The number of urea groups is 1. The monoisotopic (exact) mass is 306 g/mol. The van der Waals surface area contributed by atoms with Gasteiger partial charge in [-0.05, 0) is 42.3 Å². The third-order valence-electron chi connectivity index (χ3n) is 3.08. The first kappa shape index (κ1) is 15.9. The van der Waals surface area contributed by atoms with Gasteiger partial charge in [0.2, 0.25) is 0 Å². The summed E-state index contributed by atoms with van der Waals surface area (Å²) in [5.41, 5.74) is 1.28. The molecule has 2 aromatic rings. The lowest BCUT2D eigenvalue weighted by Gasteiger charge is -2.13. The van der Waals surface area contributed by atoms with Crippen LogP contribution >= 0.6 is 0 Å². The summed E-state index contributed by atoms with van der Waals surface area (Å²) in [7, 11) is 0. The molecule has 3 N–H and O–H groups in total. The summed E-state index contributed by atoms with van der Waals surface area (Å²) in [6.45, 7) is 1.66.